The number of aromatic nitrogens is 2. The van der Waals surface area contributed by atoms with Gasteiger partial charge in [-0.3, -0.25) is 14.7 Å². The average Bonchev–Trinajstić information content (AvgIpc) is 3.09. The van der Waals surface area contributed by atoms with E-state index in [0.717, 1.165) is 31.4 Å². The standard InChI is InChI=1S/C19H24N4O3/c1-3-4-5-8-13-11-14(22-21-13)18(24)20-15-12-26-17-10-7-6-9-16(17)23(2)19(15)25/h6-7,9-11,15H,3-5,8,12H2,1-2H3,(H,20,24)(H,21,22). The molecule has 0 saturated heterocycles. The van der Waals surface area contributed by atoms with E-state index >= 15 is 0 Å². The Kier molecular flexibility index (Phi) is 5.55. The van der Waals surface area contributed by atoms with Crippen molar-refractivity contribution < 1.29 is 14.3 Å². The highest BCUT2D eigenvalue weighted by Crippen LogP contribution is 2.29. The molecule has 0 spiro atoms. The van der Waals surface area contributed by atoms with Crippen molar-refractivity contribution in [3.63, 3.8) is 0 Å². The van der Waals surface area contributed by atoms with E-state index < -0.39 is 6.04 Å². The normalized spacial score (nSPS) is 16.6. The lowest BCUT2D eigenvalue weighted by Crippen LogP contribution is -2.49. The molecule has 1 atom stereocenters. The van der Waals surface area contributed by atoms with Gasteiger partial charge in [0, 0.05) is 12.7 Å². The van der Waals surface area contributed by atoms with Crippen LogP contribution in [0, 0.1) is 0 Å². The number of nitrogens with zero attached hydrogens (tertiary/aromatic N) is 2. The lowest BCUT2D eigenvalue weighted by Gasteiger charge is -2.19. The molecule has 7 heteroatoms. The zero-order chi connectivity index (χ0) is 18.5. The molecular formula is C19H24N4O3. The number of hydrogen-bond donors (Lipinski definition) is 2. The van der Waals surface area contributed by atoms with Crippen LogP contribution in [-0.4, -0.2) is 41.7 Å². The number of hydrogen-bond acceptors (Lipinski definition) is 4. The molecule has 26 heavy (non-hydrogen) atoms. The Labute approximate surface area is 152 Å². The number of rotatable bonds is 6. The van der Waals surface area contributed by atoms with Crippen molar-refractivity contribution in [2.75, 3.05) is 18.6 Å². The SMILES string of the molecule is CCCCCc1cc(C(=O)NC2COc3ccccc3N(C)C2=O)n[nH]1. The highest BCUT2D eigenvalue weighted by molar-refractivity contribution is 6.02. The zero-order valence-electron chi connectivity index (χ0n) is 15.1. The third-order valence-corrected chi connectivity index (χ3v) is 4.48. The van der Waals surface area contributed by atoms with Gasteiger partial charge in [0.25, 0.3) is 11.8 Å². The maximum absolute atomic E-state index is 12.7. The molecule has 3 rings (SSSR count). The molecule has 0 radical (unpaired) electrons. The van der Waals surface area contributed by atoms with Crippen LogP contribution in [0.25, 0.3) is 0 Å². The summed E-state index contributed by atoms with van der Waals surface area (Å²) in [5.74, 6) is 0.0179. The maximum Gasteiger partial charge on any atom is 0.272 e. The Balaban J connectivity index is 1.65. The second kappa shape index (κ2) is 8.03. The average molecular weight is 356 g/mol. The van der Waals surface area contributed by atoms with Crippen LogP contribution in [0.3, 0.4) is 0 Å². The first-order valence-electron chi connectivity index (χ1n) is 8.94. The van der Waals surface area contributed by atoms with E-state index in [1.54, 1.807) is 19.2 Å². The van der Waals surface area contributed by atoms with Crippen LogP contribution in [0.15, 0.2) is 30.3 Å². The maximum atomic E-state index is 12.7. The monoisotopic (exact) mass is 356 g/mol. The molecule has 1 aliphatic heterocycles. The predicted octanol–water partition coefficient (Wildman–Crippen LogP) is 2.30. The number of aromatic amines is 1. The van der Waals surface area contributed by atoms with Gasteiger partial charge in [-0.25, -0.2) is 0 Å². The number of carbonyl (C=O) groups excluding carboxylic acids is 2. The Hall–Kier alpha value is -2.83. The zero-order valence-corrected chi connectivity index (χ0v) is 15.1. The van der Waals surface area contributed by atoms with Crippen LogP contribution < -0.4 is 15.0 Å². The number of anilines is 1. The first-order valence-corrected chi connectivity index (χ1v) is 8.94. The third-order valence-electron chi connectivity index (χ3n) is 4.48. The van der Waals surface area contributed by atoms with E-state index in [0.29, 0.717) is 11.4 Å². The molecule has 0 saturated carbocycles. The molecule has 1 unspecified atom stereocenters. The van der Waals surface area contributed by atoms with Crippen molar-refractivity contribution in [2.45, 2.75) is 38.6 Å². The number of unbranched alkanes of at least 4 members (excludes halogenated alkanes) is 2. The lowest BCUT2D eigenvalue weighted by molar-refractivity contribution is -0.120. The van der Waals surface area contributed by atoms with Crippen molar-refractivity contribution in [2.24, 2.45) is 0 Å². The molecule has 2 N–H and O–H groups in total. The molecule has 2 aromatic rings. The molecule has 1 aliphatic rings. The van der Waals surface area contributed by atoms with Gasteiger partial charge in [-0.05, 0) is 31.0 Å². The van der Waals surface area contributed by atoms with E-state index in [9.17, 15) is 9.59 Å². The van der Waals surface area contributed by atoms with Crippen LogP contribution >= 0.6 is 0 Å². The highest BCUT2D eigenvalue weighted by atomic mass is 16.5. The van der Waals surface area contributed by atoms with Crippen LogP contribution in [0.4, 0.5) is 5.69 Å². The molecule has 0 bridgehead atoms. The highest BCUT2D eigenvalue weighted by Gasteiger charge is 2.31. The van der Waals surface area contributed by atoms with Crippen molar-refractivity contribution in [3.8, 4) is 5.75 Å². The van der Waals surface area contributed by atoms with Crippen molar-refractivity contribution in [1.82, 2.24) is 15.5 Å². The topological polar surface area (TPSA) is 87.3 Å². The summed E-state index contributed by atoms with van der Waals surface area (Å²) in [7, 11) is 1.68. The fourth-order valence-electron chi connectivity index (χ4n) is 2.96. The second-order valence-corrected chi connectivity index (χ2v) is 6.44. The number of aryl methyl sites for hydroxylation is 1. The van der Waals surface area contributed by atoms with Gasteiger partial charge < -0.3 is 15.0 Å². The fraction of sp³-hybridized carbons (Fsp3) is 0.421. The molecule has 2 amide bonds. The summed E-state index contributed by atoms with van der Waals surface area (Å²) < 4.78 is 5.70. The molecule has 2 heterocycles. The first kappa shape index (κ1) is 18.0. The largest absolute Gasteiger partial charge is 0.489 e. The second-order valence-electron chi connectivity index (χ2n) is 6.44. The molecule has 138 valence electrons. The number of fused-ring (bicyclic) bond motifs is 1. The van der Waals surface area contributed by atoms with E-state index in [-0.39, 0.29) is 24.1 Å². The van der Waals surface area contributed by atoms with Crippen LogP contribution in [0.5, 0.6) is 5.75 Å². The molecule has 0 aliphatic carbocycles. The van der Waals surface area contributed by atoms with Gasteiger partial charge in [0.05, 0.1) is 5.69 Å². The van der Waals surface area contributed by atoms with E-state index in [2.05, 4.69) is 22.4 Å². The summed E-state index contributed by atoms with van der Waals surface area (Å²) in [6.07, 6.45) is 4.19. The Morgan fingerprint density at radius 2 is 2.19 bits per heavy atom. The fourth-order valence-corrected chi connectivity index (χ4v) is 2.96. The third kappa shape index (κ3) is 3.87. The Bertz CT molecular complexity index is 787. The van der Waals surface area contributed by atoms with Crippen LogP contribution in [0.2, 0.25) is 0 Å². The number of likely N-dealkylation sites (N-methyl/N-ethyl adjacent to an activating group) is 1. The summed E-state index contributed by atoms with van der Waals surface area (Å²) in [6.45, 7) is 2.23. The number of para-hydroxylation sites is 2. The summed E-state index contributed by atoms with van der Waals surface area (Å²) in [5.41, 5.74) is 1.90. The predicted molar refractivity (Wildman–Crippen MR) is 98.4 cm³/mol. The summed E-state index contributed by atoms with van der Waals surface area (Å²) in [4.78, 5) is 26.6. The van der Waals surface area contributed by atoms with E-state index in [1.807, 2.05) is 18.2 Å². The van der Waals surface area contributed by atoms with Crippen LogP contribution in [-0.2, 0) is 11.2 Å². The van der Waals surface area contributed by atoms with Gasteiger partial charge in [-0.1, -0.05) is 31.9 Å². The van der Waals surface area contributed by atoms with Crippen molar-refractivity contribution in [3.05, 3.63) is 41.7 Å². The quantitative estimate of drug-likeness (QED) is 0.778. The summed E-state index contributed by atoms with van der Waals surface area (Å²) in [6, 6.07) is 8.29. The van der Waals surface area contributed by atoms with E-state index in [4.69, 9.17) is 4.74 Å². The first-order chi connectivity index (χ1) is 12.6. The van der Waals surface area contributed by atoms with Gasteiger partial charge in [-0.2, -0.15) is 5.10 Å². The molecule has 0 fully saturated rings. The smallest absolute Gasteiger partial charge is 0.272 e. The number of ether oxygens (including phenoxy) is 1. The van der Waals surface area contributed by atoms with Gasteiger partial charge >= 0.3 is 0 Å². The lowest BCUT2D eigenvalue weighted by atomic mass is 10.1. The van der Waals surface area contributed by atoms with E-state index in [1.165, 1.54) is 4.90 Å². The summed E-state index contributed by atoms with van der Waals surface area (Å²) in [5, 5.41) is 9.69. The summed E-state index contributed by atoms with van der Waals surface area (Å²) >= 11 is 0. The number of carbonyl (C=O) groups is 2. The number of benzene rings is 1. The minimum Gasteiger partial charge on any atom is -0.489 e. The minimum atomic E-state index is -0.764. The van der Waals surface area contributed by atoms with Crippen LogP contribution in [0.1, 0.15) is 42.4 Å². The molecule has 1 aromatic heterocycles. The minimum absolute atomic E-state index is 0.0830. The Morgan fingerprint density at radius 1 is 1.38 bits per heavy atom. The van der Waals surface area contributed by atoms with Gasteiger partial charge in [0.15, 0.2) is 0 Å². The van der Waals surface area contributed by atoms with Gasteiger partial charge in [0.1, 0.15) is 24.1 Å². The Morgan fingerprint density at radius 3 is 3.00 bits per heavy atom. The van der Waals surface area contributed by atoms with Crippen molar-refractivity contribution >= 4 is 17.5 Å². The number of nitrogens with one attached hydrogen (secondary N) is 2. The molecule has 7 nitrogen and oxygen atoms in total. The van der Waals surface area contributed by atoms with Crippen molar-refractivity contribution in [1.29, 1.82) is 0 Å². The molecular weight excluding hydrogens is 332 g/mol. The molecule has 1 aromatic carbocycles. The number of H-pyrrole nitrogens is 1. The number of amides is 2. The van der Waals surface area contributed by atoms with Gasteiger partial charge in [0.2, 0.25) is 0 Å². The van der Waals surface area contributed by atoms with Gasteiger partial charge in [-0.15, -0.1) is 0 Å².